The van der Waals surface area contributed by atoms with Crippen LogP contribution in [-0.4, -0.2) is 70.0 Å². The van der Waals surface area contributed by atoms with E-state index in [9.17, 15) is 9.59 Å². The number of ether oxygens (including phenoxy) is 2. The lowest BCUT2D eigenvalue weighted by molar-refractivity contribution is -0.135. The number of hydrogen-bond donors (Lipinski definition) is 0. The largest absolute Gasteiger partial charge is 0.484 e. The van der Waals surface area contributed by atoms with E-state index in [1.165, 1.54) is 0 Å². The molecule has 2 amide bonds. The molecule has 1 saturated heterocycles. The van der Waals surface area contributed by atoms with Gasteiger partial charge in [-0.15, -0.1) is 0 Å². The molecule has 0 unspecified atom stereocenters. The minimum atomic E-state index is -0.523. The number of amides is 2. The monoisotopic (exact) mass is 500 g/mol. The fourth-order valence-electron chi connectivity index (χ4n) is 2.98. The van der Waals surface area contributed by atoms with Gasteiger partial charge >= 0.3 is 6.09 Å². The highest BCUT2D eigenvalue weighted by Crippen LogP contribution is 2.24. The van der Waals surface area contributed by atoms with Crippen LogP contribution in [-0.2, 0) is 16.6 Å². The van der Waals surface area contributed by atoms with E-state index in [1.54, 1.807) is 14.5 Å². The minimum Gasteiger partial charge on any atom is -0.484 e. The summed E-state index contributed by atoms with van der Waals surface area (Å²) < 4.78 is 13.8. The van der Waals surface area contributed by atoms with Gasteiger partial charge in [-0.25, -0.2) is 4.79 Å². The second-order valence-corrected chi connectivity index (χ2v) is 8.75. The van der Waals surface area contributed by atoms with Crippen molar-refractivity contribution in [2.45, 2.75) is 26.4 Å². The van der Waals surface area contributed by atoms with Crippen LogP contribution in [0.2, 0.25) is 0 Å². The molecule has 1 aromatic carbocycles. The van der Waals surface area contributed by atoms with Crippen LogP contribution < -0.4 is 4.74 Å². The normalized spacial score (nSPS) is 15.0. The molecule has 9 heteroatoms. The third-order valence-electron chi connectivity index (χ3n) is 4.42. The molecule has 1 fully saturated rings. The van der Waals surface area contributed by atoms with Gasteiger partial charge in [-0.3, -0.25) is 9.48 Å². The van der Waals surface area contributed by atoms with Gasteiger partial charge in [-0.2, -0.15) is 5.10 Å². The molecule has 1 aliphatic heterocycles. The van der Waals surface area contributed by atoms with Crippen LogP contribution in [0, 0.1) is 3.70 Å². The third kappa shape index (κ3) is 4.86. The summed E-state index contributed by atoms with van der Waals surface area (Å²) in [7, 11) is 1.88. The Morgan fingerprint density at radius 2 is 1.79 bits per heavy atom. The third-order valence-corrected chi connectivity index (χ3v) is 5.22. The van der Waals surface area contributed by atoms with Crippen molar-refractivity contribution in [3.05, 3.63) is 21.9 Å². The van der Waals surface area contributed by atoms with E-state index in [1.807, 2.05) is 46.0 Å². The molecule has 0 N–H and O–H groups in total. The smallest absolute Gasteiger partial charge is 0.410 e. The van der Waals surface area contributed by atoms with Crippen molar-refractivity contribution >= 4 is 45.5 Å². The molecule has 3 rings (SSSR count). The van der Waals surface area contributed by atoms with E-state index < -0.39 is 5.60 Å². The Labute approximate surface area is 177 Å². The highest BCUT2D eigenvalue weighted by atomic mass is 127. The molecule has 2 aromatic rings. The molecular weight excluding hydrogens is 475 g/mol. The molecule has 152 valence electrons. The zero-order chi connectivity index (χ0) is 20.5. The zero-order valence-electron chi connectivity index (χ0n) is 16.6. The number of hydrogen-bond acceptors (Lipinski definition) is 5. The molecule has 1 aromatic heterocycles. The number of rotatable bonds is 3. The highest BCUT2D eigenvalue weighted by Gasteiger charge is 2.27. The van der Waals surface area contributed by atoms with Gasteiger partial charge in [0.25, 0.3) is 5.91 Å². The first-order valence-corrected chi connectivity index (χ1v) is 10.2. The summed E-state index contributed by atoms with van der Waals surface area (Å²) in [5.74, 6) is 0.538. The number of carbonyl (C=O) groups is 2. The average Bonchev–Trinajstić information content (AvgIpc) is 2.92. The number of fused-ring (bicyclic) bond motifs is 1. The highest BCUT2D eigenvalue weighted by molar-refractivity contribution is 14.1. The van der Waals surface area contributed by atoms with Crippen LogP contribution in [0.4, 0.5) is 4.79 Å². The Bertz CT molecular complexity index is 882. The van der Waals surface area contributed by atoms with Gasteiger partial charge in [0.1, 0.15) is 15.1 Å². The van der Waals surface area contributed by atoms with Crippen molar-refractivity contribution in [3.8, 4) is 5.75 Å². The Kier molecular flexibility index (Phi) is 6.01. The van der Waals surface area contributed by atoms with E-state index in [0.29, 0.717) is 31.9 Å². The van der Waals surface area contributed by atoms with Gasteiger partial charge in [-0.1, -0.05) is 0 Å². The maximum atomic E-state index is 12.5. The minimum absolute atomic E-state index is 0.0348. The van der Waals surface area contributed by atoms with Crippen LogP contribution >= 0.6 is 22.6 Å². The van der Waals surface area contributed by atoms with E-state index in [0.717, 1.165) is 14.6 Å². The van der Waals surface area contributed by atoms with Crippen LogP contribution in [0.15, 0.2) is 18.2 Å². The van der Waals surface area contributed by atoms with Crippen LogP contribution in [0.25, 0.3) is 10.9 Å². The van der Waals surface area contributed by atoms with Gasteiger partial charge in [0, 0.05) is 44.7 Å². The van der Waals surface area contributed by atoms with Gasteiger partial charge in [0.15, 0.2) is 6.61 Å². The summed E-state index contributed by atoms with van der Waals surface area (Å²) in [4.78, 5) is 27.9. The van der Waals surface area contributed by atoms with E-state index in [-0.39, 0.29) is 18.6 Å². The maximum absolute atomic E-state index is 12.5. The first kappa shape index (κ1) is 20.7. The summed E-state index contributed by atoms with van der Waals surface area (Å²) in [6, 6.07) is 5.68. The number of carbonyl (C=O) groups excluding carboxylic acids is 2. The van der Waals surface area contributed by atoms with Crippen molar-refractivity contribution in [1.29, 1.82) is 0 Å². The molecule has 0 spiro atoms. The molecule has 8 nitrogen and oxygen atoms in total. The summed E-state index contributed by atoms with van der Waals surface area (Å²) in [6.07, 6.45) is -0.338. The Morgan fingerprint density at radius 3 is 2.43 bits per heavy atom. The number of nitrogens with zero attached hydrogens (tertiary/aromatic N) is 4. The average molecular weight is 500 g/mol. The number of halogens is 1. The van der Waals surface area contributed by atoms with E-state index >= 15 is 0 Å². The topological polar surface area (TPSA) is 76.9 Å². The second-order valence-electron chi connectivity index (χ2n) is 7.73. The summed E-state index contributed by atoms with van der Waals surface area (Å²) >= 11 is 2.19. The number of piperazine rings is 1. The van der Waals surface area contributed by atoms with Crippen molar-refractivity contribution in [3.63, 3.8) is 0 Å². The molecule has 2 heterocycles. The maximum Gasteiger partial charge on any atom is 0.410 e. The van der Waals surface area contributed by atoms with Crippen molar-refractivity contribution in [2.75, 3.05) is 32.8 Å². The van der Waals surface area contributed by atoms with Crippen molar-refractivity contribution in [1.82, 2.24) is 19.6 Å². The second kappa shape index (κ2) is 8.14. The van der Waals surface area contributed by atoms with E-state index in [2.05, 4.69) is 27.7 Å². The molecule has 0 bridgehead atoms. The Balaban J connectivity index is 1.51. The molecule has 0 radical (unpaired) electrons. The van der Waals surface area contributed by atoms with Gasteiger partial charge in [-0.05, 0) is 55.5 Å². The zero-order valence-corrected chi connectivity index (χ0v) is 18.7. The lowest BCUT2D eigenvalue weighted by Gasteiger charge is -2.35. The quantitative estimate of drug-likeness (QED) is 0.606. The SMILES string of the molecule is Cn1nc(I)c2ccc(OCC(=O)N3CCN(C(=O)OC(C)(C)C)CC3)cc21. The van der Waals surface area contributed by atoms with Crippen LogP contribution in [0.5, 0.6) is 5.75 Å². The van der Waals surface area contributed by atoms with Crippen molar-refractivity contribution < 1.29 is 19.1 Å². The number of aryl methyl sites for hydroxylation is 1. The molecule has 1 aliphatic rings. The molecule has 28 heavy (non-hydrogen) atoms. The first-order chi connectivity index (χ1) is 13.1. The van der Waals surface area contributed by atoms with Crippen LogP contribution in [0.1, 0.15) is 20.8 Å². The summed E-state index contributed by atoms with van der Waals surface area (Å²) in [5, 5.41) is 5.43. The summed E-state index contributed by atoms with van der Waals surface area (Å²) in [6.45, 7) is 7.34. The Morgan fingerprint density at radius 1 is 1.14 bits per heavy atom. The number of aromatic nitrogens is 2. The molecular formula is C19H25IN4O4. The summed E-state index contributed by atoms with van der Waals surface area (Å²) in [5.41, 5.74) is 0.436. The number of benzene rings is 1. The standard InChI is InChI=1S/C19H25IN4O4/c1-19(2,3)28-18(26)24-9-7-23(8-10-24)16(25)12-27-13-5-6-14-15(11-13)22(4)21-17(14)20/h5-6,11H,7-10,12H2,1-4H3. The predicted octanol–water partition coefficient (Wildman–Crippen LogP) is 2.64. The first-order valence-electron chi connectivity index (χ1n) is 9.15. The predicted molar refractivity (Wildman–Crippen MR) is 113 cm³/mol. The van der Waals surface area contributed by atoms with Gasteiger partial charge in [0.05, 0.1) is 5.52 Å². The fourth-order valence-corrected chi connectivity index (χ4v) is 3.76. The Hall–Kier alpha value is -2.04. The molecule has 0 aliphatic carbocycles. The fraction of sp³-hybridized carbons (Fsp3) is 0.526. The van der Waals surface area contributed by atoms with Gasteiger partial charge in [0.2, 0.25) is 0 Å². The van der Waals surface area contributed by atoms with Crippen molar-refractivity contribution in [2.24, 2.45) is 7.05 Å². The lowest BCUT2D eigenvalue weighted by atomic mass is 10.2. The lowest BCUT2D eigenvalue weighted by Crippen LogP contribution is -2.52. The molecule has 0 saturated carbocycles. The van der Waals surface area contributed by atoms with Crippen LogP contribution in [0.3, 0.4) is 0 Å². The van der Waals surface area contributed by atoms with Gasteiger partial charge < -0.3 is 19.3 Å². The van der Waals surface area contributed by atoms with E-state index in [4.69, 9.17) is 9.47 Å². The molecule has 0 atom stereocenters.